The predicted molar refractivity (Wildman–Crippen MR) is 103 cm³/mol. The number of carbonyl (C=O) groups is 2. The molecule has 0 fully saturated rings. The summed E-state index contributed by atoms with van der Waals surface area (Å²) in [6.45, 7) is 0.263. The highest BCUT2D eigenvalue weighted by atomic mass is 79.9. The Bertz CT molecular complexity index is 737. The lowest BCUT2D eigenvalue weighted by molar-refractivity contribution is -0.116. The molecular weight excluding hydrogens is 404 g/mol. The number of thiazole rings is 1. The maximum absolute atomic E-state index is 12.0. The fourth-order valence-electron chi connectivity index (χ4n) is 2.59. The Morgan fingerprint density at radius 2 is 1.88 bits per heavy atom. The Balaban J connectivity index is 1.39. The van der Waals surface area contributed by atoms with Crippen molar-refractivity contribution in [3.8, 4) is 0 Å². The maximum Gasteiger partial charge on any atom is 0.319 e. The minimum absolute atomic E-state index is 0.143. The molecule has 1 aromatic heterocycles. The summed E-state index contributed by atoms with van der Waals surface area (Å²) in [4.78, 5) is 29.5. The molecule has 1 heterocycles. The molecule has 0 aliphatic heterocycles. The average molecular weight is 423 g/mol. The lowest BCUT2D eigenvalue weighted by atomic mass is 10.0. The maximum atomic E-state index is 12.0. The summed E-state index contributed by atoms with van der Waals surface area (Å²) in [6, 6.07) is 6.94. The van der Waals surface area contributed by atoms with E-state index < -0.39 is 0 Å². The number of rotatable bonds is 5. The third kappa shape index (κ3) is 5.27. The van der Waals surface area contributed by atoms with Crippen molar-refractivity contribution in [2.24, 2.45) is 0 Å². The molecule has 8 heteroatoms. The number of carbonyl (C=O) groups excluding carboxylic acids is 2. The van der Waals surface area contributed by atoms with Gasteiger partial charge in [0.05, 0.1) is 5.69 Å². The number of amides is 3. The quantitative estimate of drug-likeness (QED) is 0.682. The molecule has 0 spiro atoms. The molecule has 3 rings (SSSR count). The molecule has 0 unspecified atom stereocenters. The van der Waals surface area contributed by atoms with Gasteiger partial charge in [0.2, 0.25) is 5.91 Å². The van der Waals surface area contributed by atoms with Gasteiger partial charge in [-0.2, -0.15) is 0 Å². The van der Waals surface area contributed by atoms with Crippen LogP contribution in [-0.2, 0) is 17.6 Å². The van der Waals surface area contributed by atoms with Gasteiger partial charge in [-0.25, -0.2) is 9.78 Å². The first kappa shape index (κ1) is 17.9. The number of hydrogen-bond acceptors (Lipinski definition) is 4. The number of benzene rings is 1. The molecule has 25 heavy (non-hydrogen) atoms. The highest BCUT2D eigenvalue weighted by Gasteiger charge is 2.16. The topological polar surface area (TPSA) is 83.1 Å². The highest BCUT2D eigenvalue weighted by Crippen LogP contribution is 2.29. The van der Waals surface area contributed by atoms with Crippen LogP contribution in [0.1, 0.15) is 29.8 Å². The van der Waals surface area contributed by atoms with Gasteiger partial charge in [0.25, 0.3) is 0 Å². The number of nitrogens with one attached hydrogen (secondary N) is 3. The number of nitrogens with zero attached hydrogens (tertiary/aromatic N) is 1. The molecule has 0 atom stereocenters. The first-order valence-corrected chi connectivity index (χ1v) is 9.80. The number of aryl methyl sites for hydroxylation is 2. The largest absolute Gasteiger partial charge is 0.337 e. The number of anilines is 2. The van der Waals surface area contributed by atoms with E-state index >= 15 is 0 Å². The lowest BCUT2D eigenvalue weighted by Crippen LogP contribution is -2.31. The van der Waals surface area contributed by atoms with Crippen molar-refractivity contribution in [3.05, 3.63) is 39.3 Å². The van der Waals surface area contributed by atoms with E-state index in [-0.39, 0.29) is 24.9 Å². The van der Waals surface area contributed by atoms with E-state index in [0.29, 0.717) is 10.8 Å². The summed E-state index contributed by atoms with van der Waals surface area (Å²) in [6.07, 6.45) is 4.62. The van der Waals surface area contributed by atoms with Gasteiger partial charge in [-0.1, -0.05) is 15.9 Å². The van der Waals surface area contributed by atoms with E-state index in [1.165, 1.54) is 17.7 Å². The molecule has 0 bridgehead atoms. The first-order valence-electron chi connectivity index (χ1n) is 8.19. The minimum Gasteiger partial charge on any atom is -0.337 e. The van der Waals surface area contributed by atoms with Gasteiger partial charge >= 0.3 is 6.03 Å². The van der Waals surface area contributed by atoms with E-state index in [1.54, 1.807) is 23.5 Å². The minimum atomic E-state index is -0.333. The summed E-state index contributed by atoms with van der Waals surface area (Å²) < 4.78 is 0.944. The van der Waals surface area contributed by atoms with E-state index in [9.17, 15) is 9.59 Å². The zero-order chi connectivity index (χ0) is 17.6. The Kier molecular flexibility index (Phi) is 6.04. The number of aromatic nitrogens is 1. The van der Waals surface area contributed by atoms with Crippen LogP contribution in [0.3, 0.4) is 0 Å². The summed E-state index contributed by atoms with van der Waals surface area (Å²) in [7, 11) is 0. The monoisotopic (exact) mass is 422 g/mol. The molecule has 3 N–H and O–H groups in total. The fraction of sp³-hybridized carbons (Fsp3) is 0.353. The number of halogens is 1. The molecular formula is C17H19BrN4O2S. The molecule has 1 aliphatic rings. The summed E-state index contributed by atoms with van der Waals surface area (Å²) >= 11 is 4.90. The average Bonchev–Trinajstić information content (AvgIpc) is 2.99. The number of hydrogen-bond donors (Lipinski definition) is 3. The van der Waals surface area contributed by atoms with Crippen molar-refractivity contribution < 1.29 is 9.59 Å². The molecule has 2 aromatic rings. The molecule has 3 amide bonds. The molecule has 6 nitrogen and oxygen atoms in total. The Morgan fingerprint density at radius 1 is 1.12 bits per heavy atom. The van der Waals surface area contributed by atoms with Crippen LogP contribution >= 0.6 is 27.3 Å². The normalized spacial score (nSPS) is 13.0. The van der Waals surface area contributed by atoms with Gasteiger partial charge in [0.15, 0.2) is 5.13 Å². The predicted octanol–water partition coefficient (Wildman–Crippen LogP) is 3.93. The fourth-order valence-corrected chi connectivity index (χ4v) is 3.92. The Hall–Kier alpha value is -1.93. The van der Waals surface area contributed by atoms with Crippen LogP contribution < -0.4 is 16.0 Å². The van der Waals surface area contributed by atoms with Crippen LogP contribution in [0.15, 0.2) is 28.7 Å². The lowest BCUT2D eigenvalue weighted by Gasteiger charge is -2.07. The molecule has 0 radical (unpaired) electrons. The molecule has 1 aromatic carbocycles. The molecule has 0 saturated carbocycles. The van der Waals surface area contributed by atoms with Crippen molar-refractivity contribution in [1.29, 1.82) is 0 Å². The van der Waals surface area contributed by atoms with Crippen molar-refractivity contribution >= 4 is 50.0 Å². The van der Waals surface area contributed by atoms with E-state index in [1.807, 2.05) is 12.1 Å². The Labute approximate surface area is 158 Å². The molecule has 0 saturated heterocycles. The Morgan fingerprint density at radius 3 is 2.64 bits per heavy atom. The molecule has 132 valence electrons. The van der Waals surface area contributed by atoms with Crippen LogP contribution in [0.25, 0.3) is 0 Å². The van der Waals surface area contributed by atoms with Gasteiger partial charge in [0, 0.05) is 28.0 Å². The first-order chi connectivity index (χ1) is 12.1. The highest BCUT2D eigenvalue weighted by molar-refractivity contribution is 9.10. The van der Waals surface area contributed by atoms with Crippen LogP contribution in [-0.4, -0.2) is 23.5 Å². The van der Waals surface area contributed by atoms with E-state index in [4.69, 9.17) is 0 Å². The molecule has 1 aliphatic carbocycles. The van der Waals surface area contributed by atoms with E-state index in [0.717, 1.165) is 23.0 Å². The third-order valence-electron chi connectivity index (χ3n) is 3.83. The van der Waals surface area contributed by atoms with Crippen molar-refractivity contribution in [2.45, 2.75) is 32.1 Å². The van der Waals surface area contributed by atoms with Crippen molar-refractivity contribution in [1.82, 2.24) is 10.3 Å². The van der Waals surface area contributed by atoms with E-state index in [2.05, 4.69) is 36.9 Å². The third-order valence-corrected chi connectivity index (χ3v) is 5.43. The summed E-state index contributed by atoms with van der Waals surface area (Å²) in [5, 5.41) is 8.87. The second-order valence-electron chi connectivity index (χ2n) is 5.78. The zero-order valence-corrected chi connectivity index (χ0v) is 16.0. The second kappa shape index (κ2) is 8.44. The van der Waals surface area contributed by atoms with Crippen LogP contribution in [0.4, 0.5) is 15.6 Å². The number of fused-ring (bicyclic) bond motifs is 1. The second-order valence-corrected chi connectivity index (χ2v) is 7.78. The van der Waals surface area contributed by atoms with Gasteiger partial charge in [-0.05, 0) is 49.9 Å². The van der Waals surface area contributed by atoms with Crippen molar-refractivity contribution in [2.75, 3.05) is 17.2 Å². The standard InChI is InChI=1S/C17H19BrN4O2S/c18-11-5-7-12(8-6-11)20-16(24)19-10-9-15(23)22-17-21-13-3-1-2-4-14(13)25-17/h5-8H,1-4,9-10H2,(H2,19,20,24)(H,21,22,23). The van der Waals surface area contributed by atoms with Crippen LogP contribution in [0.2, 0.25) is 0 Å². The van der Waals surface area contributed by atoms with Gasteiger partial charge in [0.1, 0.15) is 0 Å². The summed E-state index contributed by atoms with van der Waals surface area (Å²) in [5.74, 6) is -0.143. The van der Waals surface area contributed by atoms with Crippen molar-refractivity contribution in [3.63, 3.8) is 0 Å². The zero-order valence-electron chi connectivity index (χ0n) is 13.6. The van der Waals surface area contributed by atoms with Crippen LogP contribution in [0, 0.1) is 0 Å². The van der Waals surface area contributed by atoms with Gasteiger partial charge in [-0.3, -0.25) is 4.79 Å². The van der Waals surface area contributed by atoms with Crippen LogP contribution in [0.5, 0.6) is 0 Å². The SMILES string of the molecule is O=C(CCNC(=O)Nc1ccc(Br)cc1)Nc1nc2c(s1)CCCC2. The smallest absolute Gasteiger partial charge is 0.319 e. The summed E-state index contributed by atoms with van der Waals surface area (Å²) in [5.41, 5.74) is 1.82. The number of urea groups is 1. The van der Waals surface area contributed by atoms with Gasteiger partial charge in [-0.15, -0.1) is 11.3 Å². The van der Waals surface area contributed by atoms with Gasteiger partial charge < -0.3 is 16.0 Å².